The minimum absolute atomic E-state index is 0.188. The van der Waals surface area contributed by atoms with Gasteiger partial charge >= 0.3 is 0 Å². The van der Waals surface area contributed by atoms with Crippen molar-refractivity contribution in [3.8, 4) is 11.5 Å². The molecule has 8 heteroatoms. The summed E-state index contributed by atoms with van der Waals surface area (Å²) in [6, 6.07) is 5.68. The van der Waals surface area contributed by atoms with Crippen LogP contribution in [0, 0.1) is 0 Å². The fourth-order valence-corrected chi connectivity index (χ4v) is 2.68. The van der Waals surface area contributed by atoms with Gasteiger partial charge in [0.2, 0.25) is 12.3 Å². The van der Waals surface area contributed by atoms with Gasteiger partial charge in [-0.2, -0.15) is 5.10 Å². The van der Waals surface area contributed by atoms with Crippen LogP contribution in [0.1, 0.15) is 13.0 Å². The molecule has 0 saturated carbocycles. The molecule has 2 aromatic heterocycles. The van der Waals surface area contributed by atoms with Gasteiger partial charge in [0.25, 0.3) is 5.56 Å². The second-order valence-electron chi connectivity index (χ2n) is 5.62. The van der Waals surface area contributed by atoms with Crippen molar-refractivity contribution in [3.63, 3.8) is 0 Å². The first-order chi connectivity index (χ1) is 11.6. The molecule has 1 unspecified atom stereocenters. The van der Waals surface area contributed by atoms with Gasteiger partial charge in [0.05, 0.1) is 6.26 Å². The van der Waals surface area contributed by atoms with Crippen molar-refractivity contribution >= 4 is 12.3 Å². The van der Waals surface area contributed by atoms with Gasteiger partial charge in [0, 0.05) is 32.2 Å². The first-order valence-electron chi connectivity index (χ1n) is 7.72. The zero-order valence-corrected chi connectivity index (χ0v) is 13.3. The van der Waals surface area contributed by atoms with E-state index in [1.54, 1.807) is 34.9 Å². The predicted octanol–water partition coefficient (Wildman–Crippen LogP) is 0.365. The number of aromatic nitrogens is 2. The Bertz CT molecular complexity index is 776. The topological polar surface area (TPSA) is 88.7 Å². The van der Waals surface area contributed by atoms with Crippen LogP contribution < -0.4 is 5.56 Å². The van der Waals surface area contributed by atoms with E-state index in [-0.39, 0.29) is 11.5 Å². The highest BCUT2D eigenvalue weighted by Gasteiger charge is 2.26. The third-order valence-corrected chi connectivity index (χ3v) is 4.10. The van der Waals surface area contributed by atoms with E-state index in [0.29, 0.717) is 37.6 Å². The summed E-state index contributed by atoms with van der Waals surface area (Å²) in [5.74, 6) is 0.342. The van der Waals surface area contributed by atoms with E-state index in [4.69, 9.17) is 4.42 Å². The highest BCUT2D eigenvalue weighted by Crippen LogP contribution is 2.17. The van der Waals surface area contributed by atoms with E-state index in [0.717, 1.165) is 6.41 Å². The molecule has 0 aliphatic carbocycles. The van der Waals surface area contributed by atoms with E-state index in [1.165, 1.54) is 17.0 Å². The number of rotatable bonds is 4. The lowest BCUT2D eigenvalue weighted by Crippen LogP contribution is -2.50. The van der Waals surface area contributed by atoms with E-state index < -0.39 is 6.04 Å². The minimum Gasteiger partial charge on any atom is -0.463 e. The molecule has 1 saturated heterocycles. The molecule has 3 rings (SSSR count). The lowest BCUT2D eigenvalue weighted by molar-refractivity contribution is -0.138. The fourth-order valence-electron chi connectivity index (χ4n) is 2.68. The summed E-state index contributed by atoms with van der Waals surface area (Å²) in [7, 11) is 0. The summed E-state index contributed by atoms with van der Waals surface area (Å²) in [5.41, 5.74) is 0.141. The molecule has 2 aromatic rings. The standard InChI is InChI=1S/C16H18N4O4/c1-12(16(23)19-8-6-18(11-21)7-9-19)20-15(22)5-4-13(17-20)14-3-2-10-24-14/h2-5,10-12H,6-9H2,1H3. The summed E-state index contributed by atoms with van der Waals surface area (Å²) in [4.78, 5) is 38.8. The summed E-state index contributed by atoms with van der Waals surface area (Å²) in [6.07, 6.45) is 2.30. The summed E-state index contributed by atoms with van der Waals surface area (Å²) >= 11 is 0. The number of hydrogen-bond acceptors (Lipinski definition) is 5. The Morgan fingerprint density at radius 2 is 2.00 bits per heavy atom. The molecular weight excluding hydrogens is 312 g/mol. The van der Waals surface area contributed by atoms with Gasteiger partial charge in [-0.15, -0.1) is 0 Å². The van der Waals surface area contributed by atoms with Gasteiger partial charge in [-0.05, 0) is 25.1 Å². The van der Waals surface area contributed by atoms with Crippen LogP contribution in [0.2, 0.25) is 0 Å². The van der Waals surface area contributed by atoms with E-state index in [1.807, 2.05) is 0 Å². The van der Waals surface area contributed by atoms with E-state index in [9.17, 15) is 14.4 Å². The summed E-state index contributed by atoms with van der Waals surface area (Å²) < 4.78 is 6.46. The molecule has 3 heterocycles. The van der Waals surface area contributed by atoms with Gasteiger partial charge in [0.1, 0.15) is 11.7 Å². The van der Waals surface area contributed by atoms with Crippen molar-refractivity contribution in [2.45, 2.75) is 13.0 Å². The van der Waals surface area contributed by atoms with Crippen LogP contribution in [0.3, 0.4) is 0 Å². The maximum Gasteiger partial charge on any atom is 0.267 e. The Hall–Kier alpha value is -2.90. The molecule has 1 aliphatic rings. The molecule has 0 radical (unpaired) electrons. The molecule has 0 bridgehead atoms. The smallest absolute Gasteiger partial charge is 0.267 e. The van der Waals surface area contributed by atoms with Crippen molar-refractivity contribution in [3.05, 3.63) is 40.9 Å². The molecule has 0 N–H and O–H groups in total. The lowest BCUT2D eigenvalue weighted by Gasteiger charge is -2.34. The monoisotopic (exact) mass is 330 g/mol. The molecule has 2 amide bonds. The Balaban J connectivity index is 1.80. The van der Waals surface area contributed by atoms with Crippen molar-refractivity contribution in [2.75, 3.05) is 26.2 Å². The van der Waals surface area contributed by atoms with Crippen LogP contribution in [0.15, 0.2) is 39.7 Å². The predicted molar refractivity (Wildman–Crippen MR) is 85.1 cm³/mol. The number of carbonyl (C=O) groups is 2. The average molecular weight is 330 g/mol. The largest absolute Gasteiger partial charge is 0.463 e. The zero-order valence-electron chi connectivity index (χ0n) is 13.3. The Morgan fingerprint density at radius 1 is 1.25 bits per heavy atom. The molecule has 1 fully saturated rings. The van der Waals surface area contributed by atoms with Crippen LogP contribution >= 0.6 is 0 Å². The van der Waals surface area contributed by atoms with Crippen LogP contribution in [-0.4, -0.2) is 58.1 Å². The number of nitrogens with zero attached hydrogens (tertiary/aromatic N) is 4. The second-order valence-corrected chi connectivity index (χ2v) is 5.62. The third-order valence-electron chi connectivity index (χ3n) is 4.10. The van der Waals surface area contributed by atoms with Crippen LogP contribution in [0.25, 0.3) is 11.5 Å². The van der Waals surface area contributed by atoms with Crippen LogP contribution in [0.5, 0.6) is 0 Å². The first-order valence-corrected chi connectivity index (χ1v) is 7.72. The zero-order chi connectivity index (χ0) is 17.1. The maximum atomic E-state index is 12.6. The lowest BCUT2D eigenvalue weighted by atomic mass is 10.2. The SMILES string of the molecule is CC(C(=O)N1CCN(C=O)CC1)n1nc(-c2ccco2)ccc1=O. The number of amides is 2. The molecule has 8 nitrogen and oxygen atoms in total. The van der Waals surface area contributed by atoms with Crippen LogP contribution in [0.4, 0.5) is 0 Å². The highest BCUT2D eigenvalue weighted by atomic mass is 16.3. The molecule has 1 aliphatic heterocycles. The van der Waals surface area contributed by atoms with E-state index in [2.05, 4.69) is 5.10 Å². The Kier molecular flexibility index (Phi) is 4.45. The number of furan rings is 1. The molecule has 1 atom stereocenters. The maximum absolute atomic E-state index is 12.6. The Morgan fingerprint density at radius 3 is 2.62 bits per heavy atom. The van der Waals surface area contributed by atoms with Gasteiger partial charge < -0.3 is 14.2 Å². The summed E-state index contributed by atoms with van der Waals surface area (Å²) in [6.45, 7) is 3.55. The van der Waals surface area contributed by atoms with Gasteiger partial charge in [0.15, 0.2) is 5.76 Å². The molecular formula is C16H18N4O4. The first kappa shape index (κ1) is 16.0. The third kappa shape index (κ3) is 3.08. The van der Waals surface area contributed by atoms with Crippen LogP contribution in [-0.2, 0) is 9.59 Å². The number of carbonyl (C=O) groups excluding carboxylic acids is 2. The molecule has 0 spiro atoms. The molecule has 126 valence electrons. The highest BCUT2D eigenvalue weighted by molar-refractivity contribution is 5.80. The normalized spacial score (nSPS) is 16.0. The fraction of sp³-hybridized carbons (Fsp3) is 0.375. The van der Waals surface area contributed by atoms with Crippen molar-refractivity contribution in [2.24, 2.45) is 0 Å². The number of piperazine rings is 1. The Labute approximate surface area is 138 Å². The quantitative estimate of drug-likeness (QED) is 0.756. The van der Waals surface area contributed by atoms with Crippen molar-refractivity contribution in [1.29, 1.82) is 0 Å². The molecule has 0 aromatic carbocycles. The van der Waals surface area contributed by atoms with E-state index >= 15 is 0 Å². The summed E-state index contributed by atoms with van der Waals surface area (Å²) in [5, 5.41) is 4.26. The van der Waals surface area contributed by atoms with Crippen molar-refractivity contribution < 1.29 is 14.0 Å². The van der Waals surface area contributed by atoms with Crippen molar-refractivity contribution in [1.82, 2.24) is 19.6 Å². The minimum atomic E-state index is -0.727. The molecule has 24 heavy (non-hydrogen) atoms. The van der Waals surface area contributed by atoms with Gasteiger partial charge in [-0.25, -0.2) is 4.68 Å². The van der Waals surface area contributed by atoms with Gasteiger partial charge in [-0.1, -0.05) is 0 Å². The van der Waals surface area contributed by atoms with Gasteiger partial charge in [-0.3, -0.25) is 14.4 Å². The second kappa shape index (κ2) is 6.69. The number of hydrogen-bond donors (Lipinski definition) is 0. The average Bonchev–Trinajstić information content (AvgIpc) is 3.15.